The van der Waals surface area contributed by atoms with Crippen LogP contribution < -0.4 is 5.32 Å². The molecule has 1 heterocycles. The van der Waals surface area contributed by atoms with Crippen LogP contribution in [0.1, 0.15) is 36.2 Å². The summed E-state index contributed by atoms with van der Waals surface area (Å²) >= 11 is 5.39. The zero-order valence-corrected chi connectivity index (χ0v) is 11.2. The minimum absolute atomic E-state index is 0.180. The van der Waals surface area contributed by atoms with Gasteiger partial charge in [0.05, 0.1) is 10.4 Å². The Balaban J connectivity index is 2.14. The molecular weight excluding hydrogens is 274 g/mol. The molecule has 0 fully saturated rings. The molecule has 84 valence electrons. The van der Waals surface area contributed by atoms with Crippen LogP contribution in [0.15, 0.2) is 9.85 Å². The van der Waals surface area contributed by atoms with E-state index >= 15 is 0 Å². The van der Waals surface area contributed by atoms with Crippen molar-refractivity contribution in [2.45, 2.75) is 38.3 Å². The standard InChI is InChI=1S/C11H16BrNOS/c1-7(6-14)13-9-3-2-4-10-8(9)5-11(12)15-10/h5,7,9,13-14H,2-4,6H2,1H3/t7-,9?/m1/s1. The van der Waals surface area contributed by atoms with E-state index in [1.165, 1.54) is 33.5 Å². The van der Waals surface area contributed by atoms with Crippen LogP contribution in [0.4, 0.5) is 0 Å². The minimum Gasteiger partial charge on any atom is -0.395 e. The van der Waals surface area contributed by atoms with Crippen molar-refractivity contribution in [2.24, 2.45) is 0 Å². The smallest absolute Gasteiger partial charge is 0.0704 e. The average molecular weight is 290 g/mol. The van der Waals surface area contributed by atoms with Crippen LogP contribution in [0.25, 0.3) is 0 Å². The first-order valence-electron chi connectivity index (χ1n) is 5.35. The number of aliphatic hydroxyl groups excluding tert-OH is 1. The topological polar surface area (TPSA) is 32.3 Å². The summed E-state index contributed by atoms with van der Waals surface area (Å²) in [5.74, 6) is 0. The maximum atomic E-state index is 9.05. The Hall–Kier alpha value is 0.100. The van der Waals surface area contributed by atoms with Crippen molar-refractivity contribution in [3.63, 3.8) is 0 Å². The Labute approximate surface area is 103 Å². The highest BCUT2D eigenvalue weighted by Gasteiger charge is 2.23. The van der Waals surface area contributed by atoms with E-state index in [0.29, 0.717) is 6.04 Å². The van der Waals surface area contributed by atoms with Crippen molar-refractivity contribution >= 4 is 27.3 Å². The molecule has 0 aromatic carbocycles. The van der Waals surface area contributed by atoms with E-state index in [1.54, 1.807) is 0 Å². The van der Waals surface area contributed by atoms with Crippen LogP contribution in [0, 0.1) is 0 Å². The van der Waals surface area contributed by atoms with Crippen molar-refractivity contribution < 1.29 is 5.11 Å². The van der Waals surface area contributed by atoms with E-state index in [-0.39, 0.29) is 12.6 Å². The molecule has 0 amide bonds. The van der Waals surface area contributed by atoms with Crippen molar-refractivity contribution in [1.29, 1.82) is 0 Å². The molecule has 2 nitrogen and oxygen atoms in total. The zero-order valence-electron chi connectivity index (χ0n) is 8.79. The Morgan fingerprint density at radius 2 is 2.53 bits per heavy atom. The zero-order chi connectivity index (χ0) is 10.8. The molecule has 2 atom stereocenters. The lowest BCUT2D eigenvalue weighted by atomic mass is 9.93. The molecule has 1 aliphatic rings. The summed E-state index contributed by atoms with van der Waals surface area (Å²) in [6, 6.07) is 2.83. The second-order valence-electron chi connectivity index (χ2n) is 4.12. The largest absolute Gasteiger partial charge is 0.395 e. The monoisotopic (exact) mass is 289 g/mol. The first-order chi connectivity index (χ1) is 7.20. The molecule has 0 spiro atoms. The molecule has 2 rings (SSSR count). The molecule has 15 heavy (non-hydrogen) atoms. The van der Waals surface area contributed by atoms with Gasteiger partial charge in [-0.15, -0.1) is 11.3 Å². The molecular formula is C11H16BrNOS. The van der Waals surface area contributed by atoms with Crippen LogP contribution >= 0.6 is 27.3 Å². The molecule has 0 bridgehead atoms. The van der Waals surface area contributed by atoms with Crippen molar-refractivity contribution in [3.8, 4) is 0 Å². The Kier molecular flexibility index (Phi) is 3.83. The molecule has 2 N–H and O–H groups in total. The van der Waals surface area contributed by atoms with E-state index in [1.807, 2.05) is 18.3 Å². The van der Waals surface area contributed by atoms with Gasteiger partial charge >= 0.3 is 0 Å². The van der Waals surface area contributed by atoms with Crippen LogP contribution in [-0.2, 0) is 6.42 Å². The summed E-state index contributed by atoms with van der Waals surface area (Å²) in [6.45, 7) is 2.23. The molecule has 0 aliphatic heterocycles. The van der Waals surface area contributed by atoms with E-state index in [2.05, 4.69) is 27.3 Å². The predicted molar refractivity (Wildman–Crippen MR) is 67.4 cm³/mol. The summed E-state index contributed by atoms with van der Waals surface area (Å²) in [7, 11) is 0. The fourth-order valence-corrected chi connectivity index (χ4v) is 3.91. The van der Waals surface area contributed by atoms with Crippen LogP contribution in [0.2, 0.25) is 0 Å². The number of nitrogens with one attached hydrogen (secondary N) is 1. The SMILES string of the molecule is C[C@H](CO)NC1CCCc2sc(Br)cc21. The van der Waals surface area contributed by atoms with Crippen LogP contribution in [-0.4, -0.2) is 17.8 Å². The van der Waals surface area contributed by atoms with Gasteiger partial charge in [-0.05, 0) is 53.7 Å². The number of halogens is 1. The third kappa shape index (κ3) is 2.61. The van der Waals surface area contributed by atoms with Crippen molar-refractivity contribution in [2.75, 3.05) is 6.61 Å². The molecule has 4 heteroatoms. The van der Waals surface area contributed by atoms with Crippen LogP contribution in [0.3, 0.4) is 0 Å². The third-order valence-electron chi connectivity index (χ3n) is 2.84. The quantitative estimate of drug-likeness (QED) is 0.897. The summed E-state index contributed by atoms with van der Waals surface area (Å²) in [5.41, 5.74) is 1.43. The van der Waals surface area contributed by atoms with Crippen LogP contribution in [0.5, 0.6) is 0 Å². The lowest BCUT2D eigenvalue weighted by Gasteiger charge is -2.26. The molecule has 0 radical (unpaired) electrons. The Morgan fingerprint density at radius 3 is 3.27 bits per heavy atom. The van der Waals surface area contributed by atoms with Gasteiger partial charge in [-0.25, -0.2) is 0 Å². The fraction of sp³-hybridized carbons (Fsp3) is 0.636. The minimum atomic E-state index is 0.180. The summed E-state index contributed by atoms with van der Waals surface area (Å²) in [4.78, 5) is 1.50. The predicted octanol–water partition coefficient (Wildman–Crippen LogP) is 2.86. The fourth-order valence-electron chi connectivity index (χ4n) is 2.09. The van der Waals surface area contributed by atoms with E-state index in [4.69, 9.17) is 5.11 Å². The van der Waals surface area contributed by atoms with Gasteiger partial charge in [-0.2, -0.15) is 0 Å². The first kappa shape index (κ1) is 11.6. The number of aliphatic hydroxyl groups is 1. The van der Waals surface area contributed by atoms with E-state index in [9.17, 15) is 0 Å². The lowest BCUT2D eigenvalue weighted by molar-refractivity contribution is 0.236. The van der Waals surface area contributed by atoms with E-state index in [0.717, 1.165) is 0 Å². The summed E-state index contributed by atoms with van der Waals surface area (Å²) in [5, 5.41) is 12.5. The van der Waals surface area contributed by atoms with Crippen molar-refractivity contribution in [3.05, 3.63) is 20.3 Å². The maximum absolute atomic E-state index is 9.05. The Bertz CT molecular complexity index is 339. The summed E-state index contributed by atoms with van der Waals surface area (Å²) in [6.07, 6.45) is 3.63. The van der Waals surface area contributed by atoms with Gasteiger partial charge in [0.15, 0.2) is 0 Å². The third-order valence-corrected chi connectivity index (χ3v) is 4.56. The van der Waals surface area contributed by atoms with Gasteiger partial charge in [0.25, 0.3) is 0 Å². The number of fused-ring (bicyclic) bond motifs is 1. The van der Waals surface area contributed by atoms with Gasteiger partial charge in [-0.1, -0.05) is 0 Å². The number of aryl methyl sites for hydroxylation is 1. The molecule has 0 saturated heterocycles. The normalized spacial score (nSPS) is 22.5. The maximum Gasteiger partial charge on any atom is 0.0704 e. The highest BCUT2D eigenvalue weighted by atomic mass is 79.9. The molecule has 1 aromatic rings. The lowest BCUT2D eigenvalue weighted by Crippen LogP contribution is -2.34. The summed E-state index contributed by atoms with van der Waals surface area (Å²) < 4.78 is 1.22. The highest BCUT2D eigenvalue weighted by Crippen LogP contribution is 2.38. The number of rotatable bonds is 3. The highest BCUT2D eigenvalue weighted by molar-refractivity contribution is 9.11. The number of hydrogen-bond donors (Lipinski definition) is 2. The number of thiophene rings is 1. The molecule has 1 unspecified atom stereocenters. The van der Waals surface area contributed by atoms with Gasteiger partial charge in [-0.3, -0.25) is 0 Å². The second-order valence-corrected chi connectivity index (χ2v) is 6.64. The Morgan fingerprint density at radius 1 is 1.73 bits per heavy atom. The van der Waals surface area contributed by atoms with Crippen molar-refractivity contribution in [1.82, 2.24) is 5.32 Å². The van der Waals surface area contributed by atoms with Gasteiger partial charge in [0, 0.05) is 17.0 Å². The number of hydrogen-bond acceptors (Lipinski definition) is 3. The average Bonchev–Trinajstić information content (AvgIpc) is 2.59. The molecule has 1 aliphatic carbocycles. The van der Waals surface area contributed by atoms with Gasteiger partial charge < -0.3 is 10.4 Å². The van der Waals surface area contributed by atoms with E-state index < -0.39 is 0 Å². The first-order valence-corrected chi connectivity index (χ1v) is 6.96. The molecule has 0 saturated carbocycles. The van der Waals surface area contributed by atoms with Gasteiger partial charge in [0.1, 0.15) is 0 Å². The van der Waals surface area contributed by atoms with Gasteiger partial charge in [0.2, 0.25) is 0 Å². The molecule has 1 aromatic heterocycles. The second kappa shape index (κ2) is 4.95.